The largest absolute Gasteiger partial charge is 0.330 e. The van der Waals surface area contributed by atoms with Crippen LogP contribution >= 0.6 is 17.0 Å². The summed E-state index contributed by atoms with van der Waals surface area (Å²) in [5.74, 6) is 0. The lowest BCUT2D eigenvalue weighted by Crippen LogP contribution is -2.02. The van der Waals surface area contributed by atoms with Gasteiger partial charge in [0.05, 0.1) is 0 Å². The molecule has 0 unspecified atom stereocenters. The molecule has 3 heteroatoms. The average Bonchev–Trinajstić information content (AvgIpc) is 1.91. The smallest absolute Gasteiger partial charge is 0.0300 e. The molecule has 1 aromatic heterocycles. The van der Waals surface area contributed by atoms with Crippen molar-refractivity contribution in [2.24, 2.45) is 5.73 Å². The predicted octanol–water partition coefficient (Wildman–Crippen LogP) is 1.16. The Labute approximate surface area is 71.2 Å². The second kappa shape index (κ2) is 5.38. The van der Waals surface area contributed by atoms with Crippen molar-refractivity contribution in [2.75, 3.05) is 6.54 Å². The maximum Gasteiger partial charge on any atom is 0.0300 e. The van der Waals surface area contributed by atoms with Gasteiger partial charge in [0.15, 0.2) is 0 Å². The predicted molar refractivity (Wildman–Crippen MR) is 47.3 cm³/mol. The van der Waals surface area contributed by atoms with Crippen molar-refractivity contribution in [1.29, 1.82) is 0 Å². The molecule has 0 bridgehead atoms. The zero-order chi connectivity index (χ0) is 6.53. The number of halogens is 1. The van der Waals surface area contributed by atoms with Crippen molar-refractivity contribution in [2.45, 2.75) is 6.42 Å². The van der Waals surface area contributed by atoms with Gasteiger partial charge in [-0.05, 0) is 24.6 Å². The van der Waals surface area contributed by atoms with E-state index in [1.165, 1.54) is 5.56 Å². The Hall–Kier alpha value is -0.410. The molecule has 0 aliphatic carbocycles. The number of hydrogen-bond acceptors (Lipinski definition) is 2. The highest BCUT2D eigenvalue weighted by Crippen LogP contribution is 1.93. The van der Waals surface area contributed by atoms with Gasteiger partial charge in [0.1, 0.15) is 0 Å². The minimum absolute atomic E-state index is 0. The average molecular weight is 203 g/mol. The van der Waals surface area contributed by atoms with Crippen LogP contribution in [0.25, 0.3) is 0 Å². The summed E-state index contributed by atoms with van der Waals surface area (Å²) in [5.41, 5.74) is 6.54. The maximum atomic E-state index is 5.33. The third-order valence-electron chi connectivity index (χ3n) is 1.16. The minimum Gasteiger partial charge on any atom is -0.330 e. The molecule has 2 nitrogen and oxygen atoms in total. The van der Waals surface area contributed by atoms with Crippen LogP contribution in [0.4, 0.5) is 0 Å². The fourth-order valence-electron chi connectivity index (χ4n) is 0.713. The summed E-state index contributed by atoms with van der Waals surface area (Å²) >= 11 is 0. The Kier molecular flexibility index (Phi) is 5.16. The highest BCUT2D eigenvalue weighted by molar-refractivity contribution is 8.93. The molecule has 0 atom stereocenters. The van der Waals surface area contributed by atoms with Crippen LogP contribution in [-0.4, -0.2) is 11.5 Å². The summed E-state index contributed by atoms with van der Waals surface area (Å²) in [7, 11) is 0. The first-order chi connectivity index (χ1) is 4.43. The van der Waals surface area contributed by atoms with E-state index < -0.39 is 0 Å². The van der Waals surface area contributed by atoms with Crippen LogP contribution in [-0.2, 0) is 6.42 Å². The van der Waals surface area contributed by atoms with Crippen LogP contribution in [0.3, 0.4) is 0 Å². The van der Waals surface area contributed by atoms with Crippen LogP contribution in [0, 0.1) is 0 Å². The van der Waals surface area contributed by atoms with Crippen molar-refractivity contribution in [1.82, 2.24) is 4.98 Å². The number of pyridine rings is 1. The third kappa shape index (κ3) is 2.94. The van der Waals surface area contributed by atoms with Gasteiger partial charge in [-0.3, -0.25) is 4.98 Å². The van der Waals surface area contributed by atoms with Crippen LogP contribution in [0.2, 0.25) is 0 Å². The van der Waals surface area contributed by atoms with Gasteiger partial charge in [-0.1, -0.05) is 6.07 Å². The highest BCUT2D eigenvalue weighted by atomic mass is 79.9. The van der Waals surface area contributed by atoms with Gasteiger partial charge in [0.2, 0.25) is 0 Å². The molecule has 0 aromatic carbocycles. The van der Waals surface area contributed by atoms with E-state index in [1.54, 1.807) is 6.20 Å². The summed E-state index contributed by atoms with van der Waals surface area (Å²) in [4.78, 5) is 3.95. The van der Waals surface area contributed by atoms with Crippen molar-refractivity contribution >= 4 is 17.0 Å². The summed E-state index contributed by atoms with van der Waals surface area (Å²) in [6, 6.07) is 3.95. The Bertz CT molecular complexity index is 165. The van der Waals surface area contributed by atoms with E-state index in [0.29, 0.717) is 6.54 Å². The molecule has 1 heterocycles. The van der Waals surface area contributed by atoms with E-state index in [2.05, 4.69) is 4.98 Å². The van der Waals surface area contributed by atoms with E-state index in [-0.39, 0.29) is 17.0 Å². The fourth-order valence-corrected chi connectivity index (χ4v) is 0.713. The van der Waals surface area contributed by atoms with Gasteiger partial charge in [-0.2, -0.15) is 0 Å². The van der Waals surface area contributed by atoms with Gasteiger partial charge in [-0.15, -0.1) is 17.0 Å². The molecule has 0 saturated carbocycles. The van der Waals surface area contributed by atoms with E-state index in [9.17, 15) is 0 Å². The summed E-state index contributed by atoms with van der Waals surface area (Å²) in [6.45, 7) is 0.700. The molecular weight excluding hydrogens is 192 g/mol. The molecule has 0 amide bonds. The lowest BCUT2D eigenvalue weighted by atomic mass is 10.2. The molecule has 0 aliphatic heterocycles. The van der Waals surface area contributed by atoms with Crippen LogP contribution in [0.5, 0.6) is 0 Å². The topological polar surface area (TPSA) is 38.9 Å². The van der Waals surface area contributed by atoms with E-state index in [1.807, 2.05) is 18.3 Å². The third-order valence-corrected chi connectivity index (χ3v) is 1.16. The quantitative estimate of drug-likeness (QED) is 0.783. The summed E-state index contributed by atoms with van der Waals surface area (Å²) in [5, 5.41) is 0. The molecule has 0 radical (unpaired) electrons. The van der Waals surface area contributed by atoms with Crippen molar-refractivity contribution in [3.8, 4) is 0 Å². The molecule has 0 spiro atoms. The lowest BCUT2D eigenvalue weighted by molar-refractivity contribution is 0.959. The molecular formula is C7H11BrN2. The number of aromatic nitrogens is 1. The lowest BCUT2D eigenvalue weighted by Gasteiger charge is -1.93. The first kappa shape index (κ1) is 9.59. The monoisotopic (exact) mass is 202 g/mol. The van der Waals surface area contributed by atoms with Gasteiger partial charge in [0, 0.05) is 12.4 Å². The Morgan fingerprint density at radius 1 is 1.50 bits per heavy atom. The molecule has 0 saturated heterocycles. The first-order valence-corrected chi connectivity index (χ1v) is 3.02. The van der Waals surface area contributed by atoms with E-state index in [0.717, 1.165) is 6.42 Å². The zero-order valence-corrected chi connectivity index (χ0v) is 7.37. The van der Waals surface area contributed by atoms with Gasteiger partial charge < -0.3 is 5.73 Å². The zero-order valence-electron chi connectivity index (χ0n) is 5.66. The van der Waals surface area contributed by atoms with E-state index in [4.69, 9.17) is 5.73 Å². The van der Waals surface area contributed by atoms with Crippen LogP contribution < -0.4 is 5.73 Å². The molecule has 2 N–H and O–H groups in total. The van der Waals surface area contributed by atoms with Crippen molar-refractivity contribution < 1.29 is 0 Å². The van der Waals surface area contributed by atoms with Crippen LogP contribution in [0.15, 0.2) is 24.5 Å². The molecule has 10 heavy (non-hydrogen) atoms. The normalized spacial score (nSPS) is 8.50. The second-order valence-corrected chi connectivity index (χ2v) is 1.90. The highest BCUT2D eigenvalue weighted by Gasteiger charge is 1.85. The Balaban J connectivity index is 0.000000810. The number of rotatable bonds is 2. The van der Waals surface area contributed by atoms with Crippen molar-refractivity contribution in [3.63, 3.8) is 0 Å². The molecule has 0 fully saturated rings. The van der Waals surface area contributed by atoms with Gasteiger partial charge >= 0.3 is 0 Å². The Morgan fingerprint density at radius 2 is 2.30 bits per heavy atom. The number of nitrogens with zero attached hydrogens (tertiary/aromatic N) is 1. The minimum atomic E-state index is 0. The molecule has 1 aromatic rings. The molecule has 56 valence electrons. The summed E-state index contributed by atoms with van der Waals surface area (Å²) in [6.07, 6.45) is 4.53. The van der Waals surface area contributed by atoms with Crippen molar-refractivity contribution in [3.05, 3.63) is 30.1 Å². The number of hydrogen-bond donors (Lipinski definition) is 1. The number of nitrogens with two attached hydrogens (primary N) is 1. The molecule has 1 rings (SSSR count). The maximum absolute atomic E-state index is 5.33. The van der Waals surface area contributed by atoms with Gasteiger partial charge in [0.25, 0.3) is 0 Å². The second-order valence-electron chi connectivity index (χ2n) is 1.90. The first-order valence-electron chi connectivity index (χ1n) is 3.02. The SMILES string of the molecule is Br.NCCc1cccnc1. The standard InChI is InChI=1S/C7H10N2.BrH/c8-4-3-7-2-1-5-9-6-7;/h1-2,5-6H,3-4,8H2;1H. The van der Waals surface area contributed by atoms with Gasteiger partial charge in [-0.25, -0.2) is 0 Å². The fraction of sp³-hybridized carbons (Fsp3) is 0.286. The summed E-state index contributed by atoms with van der Waals surface area (Å²) < 4.78 is 0. The van der Waals surface area contributed by atoms with Crippen LogP contribution in [0.1, 0.15) is 5.56 Å². The molecule has 0 aliphatic rings. The van der Waals surface area contributed by atoms with E-state index >= 15 is 0 Å². The Morgan fingerprint density at radius 3 is 2.80 bits per heavy atom.